The molecule has 0 aliphatic rings. The van der Waals surface area contributed by atoms with Crippen molar-refractivity contribution in [2.75, 3.05) is 4.72 Å². The summed E-state index contributed by atoms with van der Waals surface area (Å²) in [7, 11) is -4.08. The average molecular weight is 367 g/mol. The van der Waals surface area contributed by atoms with Crippen molar-refractivity contribution in [1.29, 1.82) is 0 Å². The summed E-state index contributed by atoms with van der Waals surface area (Å²) in [4.78, 5) is 3.46. The van der Waals surface area contributed by atoms with Crippen molar-refractivity contribution in [3.05, 3.63) is 52.5 Å². The number of hydrogen-bond acceptors (Lipinski definition) is 3. The molecule has 0 saturated heterocycles. The first-order valence-corrected chi connectivity index (χ1v) is 7.35. The van der Waals surface area contributed by atoms with E-state index in [1.807, 2.05) is 4.72 Å². The maximum absolute atomic E-state index is 13.0. The molecule has 0 atom stereocenters. The van der Waals surface area contributed by atoms with E-state index >= 15 is 0 Å². The summed E-state index contributed by atoms with van der Waals surface area (Å²) in [5, 5.41) is 0. The molecule has 0 unspecified atom stereocenters. The molecule has 20 heavy (non-hydrogen) atoms. The van der Waals surface area contributed by atoms with E-state index in [1.165, 1.54) is 12.3 Å². The van der Waals surface area contributed by atoms with E-state index < -0.39 is 33.2 Å². The molecule has 4 nitrogen and oxygen atoms in total. The molecule has 0 saturated carbocycles. The van der Waals surface area contributed by atoms with Crippen LogP contribution in [0.25, 0.3) is 0 Å². The first-order chi connectivity index (χ1) is 9.29. The van der Waals surface area contributed by atoms with E-state index in [0.29, 0.717) is 16.6 Å². The minimum absolute atomic E-state index is 0.211. The van der Waals surface area contributed by atoms with Crippen molar-refractivity contribution in [2.24, 2.45) is 0 Å². The third-order valence-corrected chi connectivity index (χ3v) is 4.01. The second kappa shape index (κ2) is 5.41. The number of anilines is 1. The van der Waals surface area contributed by atoms with E-state index in [-0.39, 0.29) is 4.90 Å². The Morgan fingerprint density at radius 2 is 1.65 bits per heavy atom. The first kappa shape index (κ1) is 14.8. The van der Waals surface area contributed by atoms with Gasteiger partial charge in [-0.25, -0.2) is 21.6 Å². The fourth-order valence-corrected chi connectivity index (χ4v) is 2.91. The van der Waals surface area contributed by atoms with Crippen LogP contribution in [0.1, 0.15) is 0 Å². The molecule has 0 radical (unpaired) electrons. The van der Waals surface area contributed by atoms with Crippen LogP contribution in [0.15, 0.2) is 40.0 Å². The Hall–Kier alpha value is -1.61. The predicted molar refractivity (Wildman–Crippen MR) is 69.1 cm³/mol. The molecule has 0 bridgehead atoms. The van der Waals surface area contributed by atoms with Crippen molar-refractivity contribution < 1.29 is 21.6 Å². The number of nitrogens with zero attached hydrogens (tertiary/aromatic N) is 1. The molecule has 2 aromatic rings. The normalized spacial score (nSPS) is 11.4. The van der Waals surface area contributed by atoms with Crippen LogP contribution in [0.2, 0.25) is 0 Å². The molecule has 0 aliphatic carbocycles. The van der Waals surface area contributed by atoms with E-state index in [9.17, 15) is 21.6 Å². The van der Waals surface area contributed by atoms with Crippen LogP contribution in [0.4, 0.5) is 18.9 Å². The highest BCUT2D eigenvalue weighted by Crippen LogP contribution is 2.21. The van der Waals surface area contributed by atoms with E-state index in [4.69, 9.17) is 0 Å². The Balaban J connectivity index is 2.38. The molecule has 106 valence electrons. The summed E-state index contributed by atoms with van der Waals surface area (Å²) in [6.07, 6.45) is 2.43. The number of pyridine rings is 1. The monoisotopic (exact) mass is 366 g/mol. The van der Waals surface area contributed by atoms with Gasteiger partial charge in [-0.05, 0) is 22.0 Å². The summed E-state index contributed by atoms with van der Waals surface area (Å²) in [5.74, 6) is -4.65. The molecule has 1 aromatic heterocycles. The van der Waals surface area contributed by atoms with Crippen LogP contribution in [0, 0.1) is 17.5 Å². The van der Waals surface area contributed by atoms with Gasteiger partial charge in [-0.15, -0.1) is 0 Å². The Bertz CT molecular complexity index is 745. The lowest BCUT2D eigenvalue weighted by Crippen LogP contribution is -2.14. The highest BCUT2D eigenvalue weighted by atomic mass is 79.9. The van der Waals surface area contributed by atoms with Crippen LogP contribution < -0.4 is 4.72 Å². The molecular weight excluding hydrogens is 361 g/mol. The van der Waals surface area contributed by atoms with E-state index in [1.54, 1.807) is 0 Å². The Kier molecular flexibility index (Phi) is 4.00. The van der Waals surface area contributed by atoms with Crippen LogP contribution in [-0.2, 0) is 10.0 Å². The van der Waals surface area contributed by atoms with Crippen molar-refractivity contribution in [1.82, 2.24) is 4.98 Å². The number of rotatable bonds is 3. The number of halogens is 4. The quantitative estimate of drug-likeness (QED) is 0.849. The summed E-state index contributed by atoms with van der Waals surface area (Å²) in [6, 6.07) is 2.34. The van der Waals surface area contributed by atoms with Crippen LogP contribution >= 0.6 is 15.9 Å². The maximum Gasteiger partial charge on any atom is 0.263 e. The summed E-state index contributed by atoms with van der Waals surface area (Å²) < 4.78 is 65.1. The maximum atomic E-state index is 13.0. The minimum Gasteiger partial charge on any atom is -0.279 e. The van der Waals surface area contributed by atoms with Gasteiger partial charge in [-0.1, -0.05) is 0 Å². The zero-order valence-corrected chi connectivity index (χ0v) is 12.0. The fraction of sp³-hybridized carbons (Fsp3) is 0. The van der Waals surface area contributed by atoms with Crippen LogP contribution in [0.3, 0.4) is 0 Å². The first-order valence-electron chi connectivity index (χ1n) is 5.07. The van der Waals surface area contributed by atoms with Gasteiger partial charge in [0.25, 0.3) is 10.0 Å². The zero-order chi connectivity index (χ0) is 14.9. The fourth-order valence-electron chi connectivity index (χ4n) is 1.37. The molecule has 2 rings (SSSR count). The Morgan fingerprint density at radius 1 is 1.05 bits per heavy atom. The zero-order valence-electron chi connectivity index (χ0n) is 9.57. The Morgan fingerprint density at radius 3 is 2.20 bits per heavy atom. The van der Waals surface area contributed by atoms with Gasteiger partial charge in [0, 0.05) is 29.0 Å². The summed E-state index contributed by atoms with van der Waals surface area (Å²) >= 11 is 3.05. The smallest absolute Gasteiger partial charge is 0.263 e. The third kappa shape index (κ3) is 3.10. The van der Waals surface area contributed by atoms with Crippen molar-refractivity contribution in [3.8, 4) is 0 Å². The van der Waals surface area contributed by atoms with Crippen LogP contribution in [-0.4, -0.2) is 13.4 Å². The highest BCUT2D eigenvalue weighted by Gasteiger charge is 2.18. The molecular formula is C11H6BrF3N2O2S. The SMILES string of the molecule is O=S(=O)(Nc1cc(F)c(F)c(F)c1)c1cncc(Br)c1. The van der Waals surface area contributed by atoms with Gasteiger partial charge >= 0.3 is 0 Å². The molecule has 1 N–H and O–H groups in total. The minimum atomic E-state index is -4.08. The molecule has 0 fully saturated rings. The predicted octanol–water partition coefficient (Wildman–Crippen LogP) is 3.06. The average Bonchev–Trinajstić information content (AvgIpc) is 2.35. The lowest BCUT2D eigenvalue weighted by Gasteiger charge is -2.08. The second-order valence-electron chi connectivity index (χ2n) is 3.70. The topological polar surface area (TPSA) is 59.1 Å². The van der Waals surface area contributed by atoms with Gasteiger partial charge in [0.2, 0.25) is 0 Å². The van der Waals surface area contributed by atoms with Crippen LogP contribution in [0.5, 0.6) is 0 Å². The highest BCUT2D eigenvalue weighted by molar-refractivity contribution is 9.10. The molecule has 0 aliphatic heterocycles. The van der Waals surface area contributed by atoms with Gasteiger partial charge in [-0.2, -0.15) is 0 Å². The van der Waals surface area contributed by atoms with Gasteiger partial charge in [0.1, 0.15) is 4.90 Å². The summed E-state index contributed by atoms with van der Waals surface area (Å²) in [5.41, 5.74) is -0.429. The second-order valence-corrected chi connectivity index (χ2v) is 6.30. The van der Waals surface area contributed by atoms with E-state index in [2.05, 4.69) is 20.9 Å². The van der Waals surface area contributed by atoms with Gasteiger partial charge in [0.05, 0.1) is 5.69 Å². The number of hydrogen-bond donors (Lipinski definition) is 1. The molecule has 9 heteroatoms. The van der Waals surface area contributed by atoms with Gasteiger partial charge < -0.3 is 0 Å². The number of aromatic nitrogens is 1. The lowest BCUT2D eigenvalue weighted by atomic mass is 10.3. The molecule has 1 aromatic carbocycles. The van der Waals surface area contributed by atoms with E-state index in [0.717, 1.165) is 6.20 Å². The van der Waals surface area contributed by atoms with Crippen molar-refractivity contribution in [2.45, 2.75) is 4.90 Å². The third-order valence-electron chi connectivity index (χ3n) is 2.23. The lowest BCUT2D eigenvalue weighted by molar-refractivity contribution is 0.448. The number of sulfonamides is 1. The standard InChI is InChI=1S/C11H6BrF3N2O2S/c12-6-1-8(5-16-4-6)20(18,19)17-7-2-9(13)11(15)10(14)3-7/h1-5,17H. The molecule has 0 spiro atoms. The van der Waals surface area contributed by atoms with Gasteiger partial charge in [0.15, 0.2) is 17.5 Å². The Labute approximate surface area is 120 Å². The van der Waals surface area contributed by atoms with Gasteiger partial charge in [-0.3, -0.25) is 9.71 Å². The molecule has 1 heterocycles. The van der Waals surface area contributed by atoms with Crippen molar-refractivity contribution in [3.63, 3.8) is 0 Å². The largest absolute Gasteiger partial charge is 0.279 e. The number of benzene rings is 1. The summed E-state index contributed by atoms with van der Waals surface area (Å²) in [6.45, 7) is 0. The van der Waals surface area contributed by atoms with Crippen molar-refractivity contribution >= 4 is 31.6 Å². The molecule has 0 amide bonds. The number of nitrogens with one attached hydrogen (secondary N) is 1.